The minimum absolute atomic E-state index is 0.0329. The van der Waals surface area contributed by atoms with Gasteiger partial charge in [0, 0.05) is 17.5 Å². The van der Waals surface area contributed by atoms with Crippen molar-refractivity contribution in [2.45, 2.75) is 56.0 Å². The number of halogens is 3. The second-order valence-corrected chi connectivity index (χ2v) is 13.1. The van der Waals surface area contributed by atoms with Crippen molar-refractivity contribution in [3.05, 3.63) is 76.8 Å². The van der Waals surface area contributed by atoms with Crippen LogP contribution < -0.4 is 15.8 Å². The SMILES string of the molecule is CC(C)c1nc(-c2ccc(NS(=O)(=O)c3ccccc3F)c(F)c2Cl)c2c(N)ncc(C3=CC[C@H](NC4COC4)CC3)n12. The first-order chi connectivity index (χ1) is 20.5. The van der Waals surface area contributed by atoms with Crippen molar-refractivity contribution in [3.63, 3.8) is 0 Å². The highest BCUT2D eigenvalue weighted by atomic mass is 35.5. The molecule has 2 aromatic heterocycles. The number of imidazole rings is 1. The zero-order chi connectivity index (χ0) is 30.5. The molecule has 1 aliphatic heterocycles. The molecule has 226 valence electrons. The fourth-order valence-corrected chi connectivity index (χ4v) is 6.92. The molecule has 3 heterocycles. The summed E-state index contributed by atoms with van der Waals surface area (Å²) in [6, 6.07) is 8.29. The first-order valence-corrected chi connectivity index (χ1v) is 15.9. The van der Waals surface area contributed by atoms with Crippen LogP contribution in [0.5, 0.6) is 0 Å². The number of nitrogens with zero attached hydrogens (tertiary/aromatic N) is 3. The molecule has 43 heavy (non-hydrogen) atoms. The Bertz CT molecular complexity index is 1860. The molecule has 0 bridgehead atoms. The van der Waals surface area contributed by atoms with E-state index in [2.05, 4.69) is 21.1 Å². The highest BCUT2D eigenvalue weighted by molar-refractivity contribution is 7.92. The third-order valence-electron chi connectivity index (χ3n) is 7.79. The third kappa shape index (κ3) is 5.48. The number of allylic oxidation sites excluding steroid dienone is 1. The summed E-state index contributed by atoms with van der Waals surface area (Å²) >= 11 is 6.52. The fraction of sp³-hybridized carbons (Fsp3) is 0.333. The predicted octanol–water partition coefficient (Wildman–Crippen LogP) is 5.76. The molecule has 1 aliphatic carbocycles. The van der Waals surface area contributed by atoms with E-state index in [1.807, 2.05) is 18.2 Å². The van der Waals surface area contributed by atoms with Crippen molar-refractivity contribution in [2.75, 3.05) is 23.7 Å². The van der Waals surface area contributed by atoms with Crippen molar-refractivity contribution >= 4 is 44.2 Å². The Labute approximate surface area is 253 Å². The van der Waals surface area contributed by atoms with Crippen molar-refractivity contribution in [1.82, 2.24) is 19.7 Å². The van der Waals surface area contributed by atoms with Gasteiger partial charge in [0.2, 0.25) is 0 Å². The lowest BCUT2D eigenvalue weighted by Gasteiger charge is -2.33. The Morgan fingerprint density at radius 1 is 1.14 bits per heavy atom. The lowest BCUT2D eigenvalue weighted by Crippen LogP contribution is -2.50. The van der Waals surface area contributed by atoms with Gasteiger partial charge in [-0.05, 0) is 49.1 Å². The van der Waals surface area contributed by atoms with E-state index in [0.717, 1.165) is 55.9 Å². The molecular formula is C30H31ClF2N6O3S. The van der Waals surface area contributed by atoms with E-state index in [4.69, 9.17) is 27.1 Å². The maximum atomic E-state index is 15.6. The smallest absolute Gasteiger partial charge is 0.264 e. The number of nitrogens with one attached hydrogen (secondary N) is 2. The van der Waals surface area contributed by atoms with Crippen LogP contribution in [0.4, 0.5) is 20.3 Å². The van der Waals surface area contributed by atoms with Gasteiger partial charge in [-0.3, -0.25) is 9.12 Å². The van der Waals surface area contributed by atoms with Gasteiger partial charge in [-0.25, -0.2) is 27.2 Å². The van der Waals surface area contributed by atoms with Gasteiger partial charge in [0.25, 0.3) is 10.0 Å². The summed E-state index contributed by atoms with van der Waals surface area (Å²) < 4.78 is 64.8. The molecule has 0 unspecified atom stereocenters. The van der Waals surface area contributed by atoms with Crippen LogP contribution in [0.15, 0.2) is 53.6 Å². The van der Waals surface area contributed by atoms with Crippen molar-refractivity contribution in [1.29, 1.82) is 0 Å². The van der Waals surface area contributed by atoms with Crippen molar-refractivity contribution < 1.29 is 21.9 Å². The molecule has 2 aromatic carbocycles. The molecule has 0 amide bonds. The first kappa shape index (κ1) is 29.5. The molecule has 1 saturated heterocycles. The maximum absolute atomic E-state index is 15.6. The van der Waals surface area contributed by atoms with Gasteiger partial charge in [-0.15, -0.1) is 0 Å². The maximum Gasteiger partial charge on any atom is 0.264 e. The topological polar surface area (TPSA) is 124 Å². The molecule has 0 radical (unpaired) electrons. The minimum atomic E-state index is -4.43. The number of benzene rings is 2. The average Bonchev–Trinajstić information content (AvgIpc) is 3.36. The Hall–Kier alpha value is -3.58. The lowest BCUT2D eigenvalue weighted by molar-refractivity contribution is -0.0103. The van der Waals surface area contributed by atoms with Gasteiger partial charge in [-0.1, -0.05) is 43.7 Å². The van der Waals surface area contributed by atoms with E-state index in [-0.39, 0.29) is 22.3 Å². The number of ether oxygens (including phenoxy) is 1. The monoisotopic (exact) mass is 628 g/mol. The molecule has 9 nitrogen and oxygen atoms in total. The van der Waals surface area contributed by atoms with Crippen LogP contribution in [-0.2, 0) is 14.8 Å². The summed E-state index contributed by atoms with van der Waals surface area (Å²) in [5.41, 5.74) is 8.96. The van der Waals surface area contributed by atoms with Crippen LogP contribution in [-0.4, -0.2) is 48.1 Å². The van der Waals surface area contributed by atoms with E-state index in [9.17, 15) is 12.8 Å². The molecule has 1 fully saturated rings. The highest BCUT2D eigenvalue weighted by Gasteiger charge is 2.28. The van der Waals surface area contributed by atoms with Crippen LogP contribution in [0.3, 0.4) is 0 Å². The Balaban J connectivity index is 1.39. The number of fused-ring (bicyclic) bond motifs is 1. The van der Waals surface area contributed by atoms with Crippen molar-refractivity contribution in [2.24, 2.45) is 0 Å². The molecule has 4 N–H and O–H groups in total. The van der Waals surface area contributed by atoms with E-state index in [1.54, 1.807) is 6.20 Å². The number of hydrogen-bond acceptors (Lipinski definition) is 7. The van der Waals surface area contributed by atoms with Crippen LogP contribution in [0.1, 0.15) is 50.5 Å². The first-order valence-electron chi connectivity index (χ1n) is 14.0. The van der Waals surface area contributed by atoms with Gasteiger partial charge >= 0.3 is 0 Å². The average molecular weight is 629 g/mol. The molecule has 0 spiro atoms. The summed E-state index contributed by atoms with van der Waals surface area (Å²) in [6.45, 7) is 5.48. The van der Waals surface area contributed by atoms with Gasteiger partial charge in [0.05, 0.1) is 41.9 Å². The number of nitrogens with two attached hydrogens (primary N) is 1. The normalized spacial score (nSPS) is 17.7. The molecule has 6 rings (SSSR count). The van der Waals surface area contributed by atoms with Crippen LogP contribution in [0.2, 0.25) is 5.02 Å². The molecule has 2 aliphatic rings. The number of nitrogen functional groups attached to an aromatic ring is 1. The number of anilines is 2. The summed E-state index contributed by atoms with van der Waals surface area (Å²) in [5.74, 6) is -1.13. The van der Waals surface area contributed by atoms with E-state index in [1.165, 1.54) is 24.3 Å². The summed E-state index contributed by atoms with van der Waals surface area (Å²) in [4.78, 5) is 8.72. The predicted molar refractivity (Wildman–Crippen MR) is 162 cm³/mol. The van der Waals surface area contributed by atoms with Crippen LogP contribution in [0.25, 0.3) is 22.3 Å². The molecule has 1 atom stereocenters. The second-order valence-electron chi connectivity index (χ2n) is 11.1. The minimum Gasteiger partial charge on any atom is -0.382 e. The zero-order valence-corrected chi connectivity index (χ0v) is 25.1. The largest absolute Gasteiger partial charge is 0.382 e. The van der Waals surface area contributed by atoms with E-state index in [0.29, 0.717) is 29.1 Å². The van der Waals surface area contributed by atoms with Crippen molar-refractivity contribution in [3.8, 4) is 11.3 Å². The second kappa shape index (κ2) is 11.5. The Kier molecular flexibility index (Phi) is 7.88. The Morgan fingerprint density at radius 2 is 1.91 bits per heavy atom. The van der Waals surface area contributed by atoms with Gasteiger partial charge in [-0.2, -0.15) is 0 Å². The Morgan fingerprint density at radius 3 is 2.56 bits per heavy atom. The van der Waals surface area contributed by atoms with E-state index < -0.39 is 32.2 Å². The molecular weight excluding hydrogens is 598 g/mol. The number of rotatable bonds is 8. The summed E-state index contributed by atoms with van der Waals surface area (Å²) in [7, 11) is -4.43. The summed E-state index contributed by atoms with van der Waals surface area (Å²) in [5, 5.41) is 3.27. The van der Waals surface area contributed by atoms with Crippen LogP contribution >= 0.6 is 11.6 Å². The summed E-state index contributed by atoms with van der Waals surface area (Å²) in [6.07, 6.45) is 6.58. The van der Waals surface area contributed by atoms with Gasteiger partial charge in [0.1, 0.15) is 33.6 Å². The molecule has 0 saturated carbocycles. The fourth-order valence-electron chi connectivity index (χ4n) is 5.53. The van der Waals surface area contributed by atoms with Gasteiger partial charge in [0.15, 0.2) is 5.82 Å². The quantitative estimate of drug-likeness (QED) is 0.227. The standard InChI is InChI=1S/C30H31ClF2N6O3S/c1-16(2)30-37-27(20-11-12-22(26(33)25(20)31)38-43(40,41)24-6-4-3-5-21(24)32)28-29(34)35-13-23(39(28)30)17-7-9-18(10-8-17)36-19-14-42-15-19/h3-7,11-13,16,18-19,36,38H,8-10,14-15H2,1-2H3,(H2,34,35)/t18-/m0/s1. The lowest BCUT2D eigenvalue weighted by atomic mass is 9.92. The molecule has 13 heteroatoms. The zero-order valence-electron chi connectivity index (χ0n) is 23.6. The van der Waals surface area contributed by atoms with Gasteiger partial charge < -0.3 is 15.8 Å². The molecule has 4 aromatic rings. The number of sulfonamides is 1. The number of hydrogen-bond donors (Lipinski definition) is 3. The number of aromatic nitrogens is 3. The third-order valence-corrected chi connectivity index (χ3v) is 9.55. The van der Waals surface area contributed by atoms with Crippen LogP contribution in [0, 0.1) is 11.6 Å². The highest BCUT2D eigenvalue weighted by Crippen LogP contribution is 2.40. The van der Waals surface area contributed by atoms with E-state index >= 15 is 4.39 Å².